The van der Waals surface area contributed by atoms with E-state index in [1.54, 1.807) is 13.8 Å². The molecule has 0 aliphatic heterocycles. The average Bonchev–Trinajstić information content (AvgIpc) is 2.78. The maximum Gasteiger partial charge on any atom is 0.326 e. The van der Waals surface area contributed by atoms with Crippen LogP contribution in [0.25, 0.3) is 0 Å². The summed E-state index contributed by atoms with van der Waals surface area (Å²) in [4.78, 5) is 72.1. The van der Waals surface area contributed by atoms with Crippen LogP contribution in [0.3, 0.4) is 0 Å². The molecule has 0 heterocycles. The molecule has 0 radical (unpaired) electrons. The summed E-state index contributed by atoms with van der Waals surface area (Å²) >= 11 is 0. The van der Waals surface area contributed by atoms with Crippen LogP contribution in [-0.2, 0) is 28.8 Å². The smallest absolute Gasteiger partial charge is 0.326 e. The largest absolute Gasteiger partial charge is 0.480 e. The molecular formula is C21H39N7O7. The van der Waals surface area contributed by atoms with Crippen molar-refractivity contribution in [2.24, 2.45) is 28.9 Å². The molecule has 0 aliphatic carbocycles. The van der Waals surface area contributed by atoms with Crippen molar-refractivity contribution in [1.82, 2.24) is 16.0 Å². The minimum Gasteiger partial charge on any atom is -0.480 e. The molecule has 0 fully saturated rings. The van der Waals surface area contributed by atoms with Gasteiger partial charge in [-0.25, -0.2) is 4.79 Å². The molecule has 12 N–H and O–H groups in total. The minimum absolute atomic E-state index is 0.0787. The molecule has 0 spiro atoms. The number of carboxylic acid groups (broad SMARTS) is 1. The summed E-state index contributed by atoms with van der Waals surface area (Å²) in [6.45, 7) is 3.83. The number of carbonyl (C=O) groups excluding carboxylic acids is 5. The van der Waals surface area contributed by atoms with Crippen LogP contribution in [0.1, 0.15) is 58.8 Å². The van der Waals surface area contributed by atoms with Gasteiger partial charge in [-0.1, -0.05) is 20.3 Å². The number of rotatable bonds is 18. The molecule has 200 valence electrons. The Labute approximate surface area is 204 Å². The molecule has 0 bridgehead atoms. The van der Waals surface area contributed by atoms with E-state index in [1.807, 2.05) is 0 Å². The van der Waals surface area contributed by atoms with Crippen molar-refractivity contribution in [3.8, 4) is 0 Å². The van der Waals surface area contributed by atoms with Crippen LogP contribution < -0.4 is 38.9 Å². The standard InChI is InChI=1S/C21H39N7O7/c1-3-11(2)17(20(33)26-13(21(34)35)6-4-5-9-22)28-19(32)14(10-16(25)30)27-18(31)12(23)7-8-15(24)29/h11-14,17H,3-10,22-23H2,1-2H3,(H2,24,29)(H2,25,30)(H,26,33)(H,27,31)(H,28,32)(H,34,35). The predicted octanol–water partition coefficient (Wildman–Crippen LogP) is -2.83. The van der Waals surface area contributed by atoms with Gasteiger partial charge in [0, 0.05) is 6.42 Å². The number of carbonyl (C=O) groups is 6. The number of hydrogen-bond donors (Lipinski definition) is 8. The molecule has 0 rings (SSSR count). The highest BCUT2D eigenvalue weighted by Crippen LogP contribution is 2.11. The number of aliphatic carboxylic acids is 1. The number of primary amides is 2. The molecule has 5 atom stereocenters. The summed E-state index contributed by atoms with van der Waals surface area (Å²) in [6.07, 6.45) is 0.860. The van der Waals surface area contributed by atoms with Crippen LogP contribution in [0.4, 0.5) is 0 Å². The van der Waals surface area contributed by atoms with Crippen LogP contribution in [0.2, 0.25) is 0 Å². The van der Waals surface area contributed by atoms with E-state index < -0.39 is 72.0 Å². The lowest BCUT2D eigenvalue weighted by atomic mass is 9.96. The summed E-state index contributed by atoms with van der Waals surface area (Å²) in [5, 5.41) is 16.6. The summed E-state index contributed by atoms with van der Waals surface area (Å²) in [7, 11) is 0. The molecule has 0 aliphatic rings. The van der Waals surface area contributed by atoms with E-state index in [2.05, 4.69) is 16.0 Å². The molecule has 14 heteroatoms. The van der Waals surface area contributed by atoms with Crippen LogP contribution in [0.5, 0.6) is 0 Å². The Hall–Kier alpha value is -3.26. The van der Waals surface area contributed by atoms with Gasteiger partial charge in [0.05, 0.1) is 12.5 Å². The number of carboxylic acids is 1. The highest BCUT2D eigenvalue weighted by Gasteiger charge is 2.33. The topological polar surface area (TPSA) is 263 Å². The second-order valence-corrected chi connectivity index (χ2v) is 8.40. The Morgan fingerprint density at radius 3 is 1.91 bits per heavy atom. The third-order valence-corrected chi connectivity index (χ3v) is 5.43. The Morgan fingerprint density at radius 2 is 1.43 bits per heavy atom. The number of nitrogens with two attached hydrogens (primary N) is 4. The molecular weight excluding hydrogens is 462 g/mol. The van der Waals surface area contributed by atoms with Crippen molar-refractivity contribution in [2.75, 3.05) is 6.54 Å². The van der Waals surface area contributed by atoms with E-state index >= 15 is 0 Å². The highest BCUT2D eigenvalue weighted by molar-refractivity contribution is 5.96. The monoisotopic (exact) mass is 501 g/mol. The predicted molar refractivity (Wildman–Crippen MR) is 126 cm³/mol. The van der Waals surface area contributed by atoms with Gasteiger partial charge < -0.3 is 44.0 Å². The maximum absolute atomic E-state index is 12.9. The van der Waals surface area contributed by atoms with E-state index in [4.69, 9.17) is 22.9 Å². The third-order valence-electron chi connectivity index (χ3n) is 5.43. The Bertz CT molecular complexity index is 762. The summed E-state index contributed by atoms with van der Waals surface area (Å²) in [6, 6.07) is -4.95. The molecule has 0 aromatic rings. The lowest BCUT2D eigenvalue weighted by Crippen LogP contribution is -2.59. The number of hydrogen-bond acceptors (Lipinski definition) is 8. The third kappa shape index (κ3) is 12.7. The minimum atomic E-state index is -1.45. The lowest BCUT2D eigenvalue weighted by molar-refractivity contribution is -0.143. The van der Waals surface area contributed by atoms with Crippen LogP contribution in [0, 0.1) is 5.92 Å². The quantitative estimate of drug-likeness (QED) is 0.0898. The first-order valence-corrected chi connectivity index (χ1v) is 11.5. The number of unbranched alkanes of at least 4 members (excludes halogenated alkanes) is 1. The second-order valence-electron chi connectivity index (χ2n) is 8.40. The molecule has 0 saturated heterocycles. The van der Waals surface area contributed by atoms with Crippen LogP contribution >= 0.6 is 0 Å². The Kier molecular flexibility index (Phi) is 14.9. The first-order chi connectivity index (χ1) is 16.3. The molecule has 14 nitrogen and oxygen atoms in total. The summed E-state index contributed by atoms with van der Waals surface area (Å²) in [5.41, 5.74) is 21.4. The fourth-order valence-corrected chi connectivity index (χ4v) is 3.09. The van der Waals surface area contributed by atoms with Crippen molar-refractivity contribution in [1.29, 1.82) is 0 Å². The zero-order valence-electron chi connectivity index (χ0n) is 20.2. The van der Waals surface area contributed by atoms with E-state index in [9.17, 15) is 33.9 Å². The van der Waals surface area contributed by atoms with Crippen molar-refractivity contribution in [3.63, 3.8) is 0 Å². The highest BCUT2D eigenvalue weighted by atomic mass is 16.4. The molecule has 0 aromatic carbocycles. The van der Waals surface area contributed by atoms with E-state index in [0.717, 1.165) is 0 Å². The van der Waals surface area contributed by atoms with Gasteiger partial charge in [-0.15, -0.1) is 0 Å². The average molecular weight is 502 g/mol. The van der Waals surface area contributed by atoms with Crippen LogP contribution in [-0.4, -0.2) is 71.3 Å². The zero-order chi connectivity index (χ0) is 27.1. The van der Waals surface area contributed by atoms with Crippen molar-refractivity contribution < 1.29 is 33.9 Å². The Morgan fingerprint density at radius 1 is 0.829 bits per heavy atom. The van der Waals surface area contributed by atoms with Gasteiger partial charge in [-0.2, -0.15) is 0 Å². The second kappa shape index (κ2) is 16.4. The fourth-order valence-electron chi connectivity index (χ4n) is 3.09. The van der Waals surface area contributed by atoms with Crippen molar-refractivity contribution >= 4 is 35.5 Å². The van der Waals surface area contributed by atoms with E-state index in [-0.39, 0.29) is 19.3 Å². The number of nitrogens with one attached hydrogen (secondary N) is 3. The molecule has 5 amide bonds. The normalized spacial score (nSPS) is 15.1. The van der Waals surface area contributed by atoms with Gasteiger partial charge in [0.15, 0.2) is 0 Å². The molecule has 35 heavy (non-hydrogen) atoms. The maximum atomic E-state index is 12.9. The van der Waals surface area contributed by atoms with E-state index in [1.165, 1.54) is 0 Å². The molecule has 0 saturated carbocycles. The van der Waals surface area contributed by atoms with E-state index in [0.29, 0.717) is 25.8 Å². The van der Waals surface area contributed by atoms with Gasteiger partial charge in [-0.3, -0.25) is 24.0 Å². The van der Waals surface area contributed by atoms with Gasteiger partial charge in [-0.05, 0) is 38.1 Å². The fraction of sp³-hybridized carbons (Fsp3) is 0.714. The van der Waals surface area contributed by atoms with Crippen LogP contribution in [0.15, 0.2) is 0 Å². The van der Waals surface area contributed by atoms with Crippen molar-refractivity contribution in [3.05, 3.63) is 0 Å². The zero-order valence-corrected chi connectivity index (χ0v) is 20.2. The summed E-state index contributed by atoms with van der Waals surface area (Å²) in [5.74, 6) is -5.63. The van der Waals surface area contributed by atoms with Crippen molar-refractivity contribution in [2.45, 2.75) is 83.0 Å². The van der Waals surface area contributed by atoms with Gasteiger partial charge in [0.1, 0.15) is 18.1 Å². The number of amides is 5. The SMILES string of the molecule is CCC(C)C(NC(=O)C(CC(N)=O)NC(=O)C(N)CCC(N)=O)C(=O)NC(CCCCN)C(=O)O. The van der Waals surface area contributed by atoms with Gasteiger partial charge in [0.25, 0.3) is 0 Å². The first-order valence-electron chi connectivity index (χ1n) is 11.5. The first kappa shape index (κ1) is 31.7. The molecule has 5 unspecified atom stereocenters. The molecule has 0 aromatic heterocycles. The van der Waals surface area contributed by atoms with Gasteiger partial charge in [0.2, 0.25) is 29.5 Å². The van der Waals surface area contributed by atoms with Gasteiger partial charge >= 0.3 is 5.97 Å². The Balaban J connectivity index is 5.50. The summed E-state index contributed by atoms with van der Waals surface area (Å²) < 4.78 is 0. The lowest BCUT2D eigenvalue weighted by Gasteiger charge is -2.28.